The van der Waals surface area contributed by atoms with Crippen molar-refractivity contribution in [1.82, 2.24) is 0 Å². The van der Waals surface area contributed by atoms with Crippen molar-refractivity contribution in [2.75, 3.05) is 0 Å². The summed E-state index contributed by atoms with van der Waals surface area (Å²) in [6.07, 6.45) is 16.2. The van der Waals surface area contributed by atoms with E-state index in [1.54, 1.807) is 0 Å². The SMILES string of the molecule is C=C(N=C(N=C(C)c1ccccc1)C1=CCCC=C1)c1ccc(-c2ccc3c(C4C=CC(C(C)=NC(=NC(=C)c5ccccc5)c5ccccc5)=CC4)cccc3c2)cc1. The van der Waals surface area contributed by atoms with Gasteiger partial charge in [-0.25, -0.2) is 20.0 Å². The van der Waals surface area contributed by atoms with Gasteiger partial charge in [-0.05, 0) is 88.9 Å². The molecule has 8 rings (SSSR count). The maximum Gasteiger partial charge on any atom is 0.160 e. The van der Waals surface area contributed by atoms with Crippen molar-refractivity contribution >= 4 is 45.3 Å². The van der Waals surface area contributed by atoms with E-state index in [0.29, 0.717) is 23.1 Å². The highest BCUT2D eigenvalue weighted by Gasteiger charge is 2.17. The normalized spacial score (nSPS) is 16.1. The Bertz CT molecular complexity index is 2790. The Morgan fingerprint density at radius 3 is 1.77 bits per heavy atom. The minimum absolute atomic E-state index is 0.257. The van der Waals surface area contributed by atoms with Crippen LogP contribution in [0.15, 0.2) is 232 Å². The van der Waals surface area contributed by atoms with Gasteiger partial charge in [-0.2, -0.15) is 0 Å². The highest BCUT2D eigenvalue weighted by molar-refractivity contribution is 6.14. The lowest BCUT2D eigenvalue weighted by molar-refractivity contribution is 0.858. The van der Waals surface area contributed by atoms with Gasteiger partial charge in [0.2, 0.25) is 0 Å². The molecule has 292 valence electrons. The molecule has 0 N–H and O–H groups in total. The maximum absolute atomic E-state index is 5.05. The molecule has 0 spiro atoms. The molecule has 2 aliphatic rings. The molecule has 0 radical (unpaired) electrons. The minimum Gasteiger partial charge on any atom is -0.233 e. The van der Waals surface area contributed by atoms with E-state index in [9.17, 15) is 0 Å². The average Bonchev–Trinajstić information content (AvgIpc) is 3.31. The number of hydrogen-bond acceptors (Lipinski definition) is 2. The largest absolute Gasteiger partial charge is 0.233 e. The zero-order chi connectivity index (χ0) is 41.3. The summed E-state index contributed by atoms with van der Waals surface area (Å²) in [5.74, 6) is 1.59. The monoisotopic (exact) mass is 776 g/mol. The summed E-state index contributed by atoms with van der Waals surface area (Å²) < 4.78 is 0. The number of allylic oxidation sites excluding steroid dienone is 6. The number of aliphatic imine (C=N–C) groups is 4. The summed E-state index contributed by atoms with van der Waals surface area (Å²) in [4.78, 5) is 19.9. The Hall–Kier alpha value is -7.30. The zero-order valence-corrected chi connectivity index (χ0v) is 34.3. The summed E-state index contributed by atoms with van der Waals surface area (Å²) in [6, 6.07) is 52.3. The van der Waals surface area contributed by atoms with Crippen LogP contribution in [0.1, 0.15) is 66.8 Å². The summed E-state index contributed by atoms with van der Waals surface area (Å²) in [5, 5.41) is 2.48. The topological polar surface area (TPSA) is 49.4 Å². The third kappa shape index (κ3) is 9.36. The van der Waals surface area contributed by atoms with Gasteiger partial charge in [0.25, 0.3) is 0 Å². The van der Waals surface area contributed by atoms with Crippen LogP contribution >= 0.6 is 0 Å². The van der Waals surface area contributed by atoms with Crippen LogP contribution in [-0.4, -0.2) is 23.1 Å². The molecule has 6 aromatic carbocycles. The van der Waals surface area contributed by atoms with Crippen LogP contribution in [0.4, 0.5) is 0 Å². The highest BCUT2D eigenvalue weighted by Crippen LogP contribution is 2.35. The maximum atomic E-state index is 5.05. The second kappa shape index (κ2) is 18.5. The molecular weight excluding hydrogens is 729 g/mol. The molecule has 2 aliphatic carbocycles. The first-order chi connectivity index (χ1) is 29.4. The molecule has 0 fully saturated rings. The van der Waals surface area contributed by atoms with E-state index in [-0.39, 0.29) is 5.92 Å². The summed E-state index contributed by atoms with van der Waals surface area (Å²) in [7, 11) is 0. The molecule has 0 aromatic heterocycles. The van der Waals surface area contributed by atoms with Gasteiger partial charge in [-0.15, -0.1) is 0 Å². The fourth-order valence-corrected chi connectivity index (χ4v) is 7.60. The Morgan fingerprint density at radius 2 is 1.12 bits per heavy atom. The predicted octanol–water partition coefficient (Wildman–Crippen LogP) is 14.2. The van der Waals surface area contributed by atoms with Crippen LogP contribution in [0, 0.1) is 0 Å². The Morgan fingerprint density at radius 1 is 0.500 bits per heavy atom. The first kappa shape index (κ1) is 39.5. The van der Waals surface area contributed by atoms with Crippen molar-refractivity contribution < 1.29 is 0 Å². The Balaban J connectivity index is 0.990. The van der Waals surface area contributed by atoms with Gasteiger partial charge in [0, 0.05) is 28.5 Å². The third-order valence-corrected chi connectivity index (χ3v) is 11.0. The first-order valence-electron chi connectivity index (χ1n) is 20.6. The fourth-order valence-electron chi connectivity index (χ4n) is 7.60. The predicted molar refractivity (Wildman–Crippen MR) is 257 cm³/mol. The average molecular weight is 777 g/mol. The lowest BCUT2D eigenvalue weighted by Gasteiger charge is -2.19. The van der Waals surface area contributed by atoms with Crippen molar-refractivity contribution in [1.29, 1.82) is 0 Å². The molecule has 0 heterocycles. The van der Waals surface area contributed by atoms with E-state index in [1.165, 1.54) is 21.9 Å². The minimum atomic E-state index is 0.257. The molecule has 0 bridgehead atoms. The number of nitrogens with zero attached hydrogens (tertiary/aromatic N) is 4. The quantitative estimate of drug-likeness (QED) is 0.0983. The lowest BCUT2D eigenvalue weighted by Crippen LogP contribution is -2.07. The lowest BCUT2D eigenvalue weighted by atomic mass is 9.86. The van der Waals surface area contributed by atoms with Crippen molar-refractivity contribution in [3.8, 4) is 11.1 Å². The zero-order valence-electron chi connectivity index (χ0n) is 34.3. The second-order valence-electron chi connectivity index (χ2n) is 15.1. The first-order valence-corrected chi connectivity index (χ1v) is 20.6. The molecule has 0 saturated heterocycles. The number of rotatable bonds is 10. The molecular formula is C56H48N4. The van der Waals surface area contributed by atoms with E-state index in [0.717, 1.165) is 69.6 Å². The smallest absolute Gasteiger partial charge is 0.160 e. The van der Waals surface area contributed by atoms with E-state index < -0.39 is 0 Å². The van der Waals surface area contributed by atoms with Gasteiger partial charge < -0.3 is 0 Å². The van der Waals surface area contributed by atoms with E-state index in [2.05, 4.69) is 129 Å². The van der Waals surface area contributed by atoms with Crippen LogP contribution in [0.3, 0.4) is 0 Å². The molecule has 0 saturated carbocycles. The van der Waals surface area contributed by atoms with Crippen molar-refractivity contribution in [2.24, 2.45) is 20.0 Å². The summed E-state index contributed by atoms with van der Waals surface area (Å²) in [6.45, 7) is 12.7. The van der Waals surface area contributed by atoms with Gasteiger partial charge in [0.15, 0.2) is 11.7 Å². The second-order valence-corrected chi connectivity index (χ2v) is 15.1. The van der Waals surface area contributed by atoms with Gasteiger partial charge in [0.05, 0.1) is 11.4 Å². The van der Waals surface area contributed by atoms with Crippen LogP contribution in [0.2, 0.25) is 0 Å². The van der Waals surface area contributed by atoms with E-state index in [4.69, 9.17) is 20.0 Å². The summed E-state index contributed by atoms with van der Waals surface area (Å²) >= 11 is 0. The molecule has 4 nitrogen and oxygen atoms in total. The van der Waals surface area contributed by atoms with E-state index >= 15 is 0 Å². The number of fused-ring (bicyclic) bond motifs is 1. The van der Waals surface area contributed by atoms with E-state index in [1.807, 2.05) is 85.8 Å². The van der Waals surface area contributed by atoms with Crippen molar-refractivity contribution in [2.45, 2.75) is 39.0 Å². The molecule has 6 aromatic rings. The third-order valence-electron chi connectivity index (χ3n) is 11.0. The van der Waals surface area contributed by atoms with Crippen LogP contribution in [0.25, 0.3) is 33.3 Å². The molecule has 1 unspecified atom stereocenters. The number of amidine groups is 2. The van der Waals surface area contributed by atoms with Crippen LogP contribution in [0.5, 0.6) is 0 Å². The van der Waals surface area contributed by atoms with Crippen molar-refractivity contribution in [3.05, 3.63) is 240 Å². The Kier molecular flexibility index (Phi) is 12.2. The molecule has 60 heavy (non-hydrogen) atoms. The number of benzene rings is 6. The molecule has 4 heteroatoms. The van der Waals surface area contributed by atoms with Gasteiger partial charge in [0.1, 0.15) is 0 Å². The molecule has 0 amide bonds. The standard InChI is InChI=1S/C56H48N4/c1-39(43-18-9-5-10-19-43)57-55(49-22-13-7-14-23-49)59-41(3)45-28-32-47(33-29-45)51-36-37-54-52(38-51)26-17-27-53(54)48-34-30-46(31-35-48)42(4)60-56(50-24-15-8-16-25-50)58-40(2)44-20-11-6-12-21-44/h5-6,8-13,15-34,36-38,48H,2-3,7,14,35H2,1,4H3. The van der Waals surface area contributed by atoms with Gasteiger partial charge >= 0.3 is 0 Å². The molecule has 1 atom stereocenters. The summed E-state index contributed by atoms with van der Waals surface area (Å²) in [5.41, 5.74) is 12.9. The molecule has 0 aliphatic heterocycles. The Labute approximate surface area is 354 Å². The number of hydrogen-bond donors (Lipinski definition) is 0. The van der Waals surface area contributed by atoms with Gasteiger partial charge in [-0.3, -0.25) is 0 Å². The van der Waals surface area contributed by atoms with Gasteiger partial charge in [-0.1, -0.05) is 195 Å². The van der Waals surface area contributed by atoms with Crippen molar-refractivity contribution in [3.63, 3.8) is 0 Å². The fraction of sp³-hybridized carbons (Fsp3) is 0.107. The van der Waals surface area contributed by atoms with Crippen LogP contribution in [-0.2, 0) is 0 Å². The van der Waals surface area contributed by atoms with Crippen LogP contribution < -0.4 is 0 Å². The highest BCUT2D eigenvalue weighted by atomic mass is 14.9.